The van der Waals surface area contributed by atoms with E-state index >= 15 is 0 Å². The van der Waals surface area contributed by atoms with Gasteiger partial charge in [-0.15, -0.1) is 0 Å². The number of ether oxygens (including phenoxy) is 2. The molecule has 2 heterocycles. The van der Waals surface area contributed by atoms with Gasteiger partial charge in [-0.05, 0) is 30.7 Å². The van der Waals surface area contributed by atoms with Gasteiger partial charge in [0.1, 0.15) is 31.8 Å². The van der Waals surface area contributed by atoms with Crippen molar-refractivity contribution in [3.05, 3.63) is 58.9 Å². The van der Waals surface area contributed by atoms with Crippen LogP contribution in [-0.4, -0.2) is 43.0 Å². The number of imide groups is 1. The summed E-state index contributed by atoms with van der Waals surface area (Å²) in [5.41, 5.74) is 0.311. The molecule has 1 saturated heterocycles. The minimum absolute atomic E-state index is 0.0211. The van der Waals surface area contributed by atoms with E-state index in [2.05, 4.69) is 5.32 Å². The first-order valence-electron chi connectivity index (χ1n) is 9.57. The van der Waals surface area contributed by atoms with Crippen molar-refractivity contribution in [3.63, 3.8) is 0 Å². The number of piperidine rings is 1. The van der Waals surface area contributed by atoms with Crippen molar-refractivity contribution in [2.75, 3.05) is 7.11 Å². The zero-order valence-corrected chi connectivity index (χ0v) is 16.7. The molecule has 2 aliphatic heterocycles. The predicted molar refractivity (Wildman–Crippen MR) is 107 cm³/mol. The number of halogens is 1. The van der Waals surface area contributed by atoms with E-state index in [0.717, 1.165) is 0 Å². The lowest BCUT2D eigenvalue weighted by Crippen LogP contribution is -2.63. The Kier molecular flexibility index (Phi) is 4.97. The molecule has 154 valence electrons. The number of hydrogen-bond acceptors (Lipinski definition) is 5. The van der Waals surface area contributed by atoms with E-state index in [1.807, 2.05) is 0 Å². The summed E-state index contributed by atoms with van der Waals surface area (Å²) in [4.78, 5) is 38.5. The molecule has 2 aromatic carbocycles. The number of rotatable bonds is 5. The van der Waals surface area contributed by atoms with Crippen LogP contribution in [0.3, 0.4) is 0 Å². The molecular formula is C21H20BFN2O5. The van der Waals surface area contributed by atoms with Crippen LogP contribution >= 0.6 is 0 Å². The van der Waals surface area contributed by atoms with Crippen molar-refractivity contribution in [1.82, 2.24) is 10.2 Å². The maximum Gasteiger partial charge on any atom is 0.254 e. The van der Waals surface area contributed by atoms with Crippen LogP contribution in [0.1, 0.15) is 34.3 Å². The predicted octanol–water partition coefficient (Wildman–Crippen LogP) is 1.14. The molecule has 1 atom stereocenters. The lowest BCUT2D eigenvalue weighted by Gasteiger charge is -2.39. The molecule has 0 aliphatic carbocycles. The average molecular weight is 410 g/mol. The number of nitrogens with one attached hydrogen (secondary N) is 1. The molecule has 9 heteroatoms. The van der Waals surface area contributed by atoms with Gasteiger partial charge in [0, 0.05) is 29.2 Å². The van der Waals surface area contributed by atoms with Crippen molar-refractivity contribution in [3.8, 4) is 11.5 Å². The van der Waals surface area contributed by atoms with Gasteiger partial charge < -0.3 is 14.4 Å². The Labute approximate surface area is 173 Å². The van der Waals surface area contributed by atoms with Crippen molar-refractivity contribution in [2.24, 2.45) is 0 Å². The van der Waals surface area contributed by atoms with Crippen LogP contribution in [0.15, 0.2) is 36.4 Å². The number of hydrogen-bond donors (Lipinski definition) is 1. The summed E-state index contributed by atoms with van der Waals surface area (Å²) in [7, 11) is 3.12. The fourth-order valence-electron chi connectivity index (χ4n) is 3.82. The highest BCUT2D eigenvalue weighted by molar-refractivity contribution is 6.32. The average Bonchev–Trinajstić information content (AvgIpc) is 3.08. The Bertz CT molecular complexity index is 1060. The van der Waals surface area contributed by atoms with Crippen LogP contribution in [-0.2, 0) is 22.7 Å². The van der Waals surface area contributed by atoms with Gasteiger partial charge in [0.25, 0.3) is 5.91 Å². The number of carbonyl (C=O) groups is 3. The first-order chi connectivity index (χ1) is 14.3. The first kappa shape index (κ1) is 19.9. The van der Waals surface area contributed by atoms with Gasteiger partial charge in [-0.1, -0.05) is 6.07 Å². The van der Waals surface area contributed by atoms with E-state index in [9.17, 15) is 18.8 Å². The first-order valence-corrected chi connectivity index (χ1v) is 9.57. The minimum atomic E-state index is -1.12. The number of fused-ring (bicyclic) bond motifs is 1. The Morgan fingerprint density at radius 3 is 2.73 bits per heavy atom. The molecule has 0 aromatic heterocycles. The monoisotopic (exact) mass is 410 g/mol. The Hall–Kier alpha value is -3.36. The van der Waals surface area contributed by atoms with Crippen molar-refractivity contribution in [2.45, 2.75) is 31.4 Å². The molecule has 2 aliphatic rings. The molecule has 1 unspecified atom stereocenters. The summed E-state index contributed by atoms with van der Waals surface area (Å²) in [5.74, 6) is -0.700. The molecule has 30 heavy (non-hydrogen) atoms. The highest BCUT2D eigenvalue weighted by atomic mass is 19.1. The zero-order chi connectivity index (χ0) is 21.5. The van der Waals surface area contributed by atoms with Crippen LogP contribution in [0, 0.1) is 5.82 Å². The second-order valence-electron chi connectivity index (χ2n) is 7.57. The summed E-state index contributed by atoms with van der Waals surface area (Å²) in [6.45, 7) is 0.153. The Morgan fingerprint density at radius 2 is 2.03 bits per heavy atom. The zero-order valence-electron chi connectivity index (χ0n) is 16.7. The molecular weight excluding hydrogens is 390 g/mol. The third-order valence-electron chi connectivity index (χ3n) is 5.74. The summed E-state index contributed by atoms with van der Waals surface area (Å²) in [6, 6.07) is 9.58. The van der Waals surface area contributed by atoms with E-state index in [0.29, 0.717) is 28.2 Å². The molecule has 1 fully saturated rings. The number of benzene rings is 2. The fourth-order valence-corrected chi connectivity index (χ4v) is 3.82. The van der Waals surface area contributed by atoms with Crippen molar-refractivity contribution < 1.29 is 28.2 Å². The van der Waals surface area contributed by atoms with Crippen LogP contribution < -0.4 is 14.8 Å². The summed E-state index contributed by atoms with van der Waals surface area (Å²) < 4.78 is 25.0. The van der Waals surface area contributed by atoms with E-state index in [-0.39, 0.29) is 37.8 Å². The second-order valence-corrected chi connectivity index (χ2v) is 7.57. The lowest BCUT2D eigenvalue weighted by molar-refractivity contribution is -0.138. The molecule has 0 bridgehead atoms. The fraction of sp³-hybridized carbons (Fsp3) is 0.286. The lowest BCUT2D eigenvalue weighted by atomic mass is 9.70. The Balaban J connectivity index is 1.56. The molecule has 0 spiro atoms. The van der Waals surface area contributed by atoms with E-state index in [1.165, 1.54) is 18.1 Å². The van der Waals surface area contributed by atoms with Crippen LogP contribution in [0.5, 0.6) is 11.5 Å². The largest absolute Gasteiger partial charge is 0.497 e. The SMILES string of the molecule is BC1(N2Cc3c(OCc4ccc(OC)cc4F)cccc3C2=O)CCC(=O)NC1=O. The summed E-state index contributed by atoms with van der Waals surface area (Å²) in [5, 5.41) is 2.32. The van der Waals surface area contributed by atoms with Gasteiger partial charge >= 0.3 is 0 Å². The number of methoxy groups -OCH3 is 1. The van der Waals surface area contributed by atoms with Crippen LogP contribution in [0.2, 0.25) is 0 Å². The van der Waals surface area contributed by atoms with Gasteiger partial charge in [-0.2, -0.15) is 0 Å². The van der Waals surface area contributed by atoms with Crippen LogP contribution in [0.4, 0.5) is 4.39 Å². The highest BCUT2D eigenvalue weighted by Crippen LogP contribution is 2.37. The maximum absolute atomic E-state index is 14.2. The molecule has 0 saturated carbocycles. The summed E-state index contributed by atoms with van der Waals surface area (Å²) >= 11 is 0. The number of amides is 3. The van der Waals surface area contributed by atoms with E-state index < -0.39 is 17.2 Å². The molecule has 2 aromatic rings. The van der Waals surface area contributed by atoms with Crippen molar-refractivity contribution in [1.29, 1.82) is 0 Å². The number of carbonyl (C=O) groups excluding carboxylic acids is 3. The molecule has 0 radical (unpaired) electrons. The molecule has 4 rings (SSSR count). The standard InChI is InChI=1S/C21H20BFN2O5/c1-29-13-6-5-12(16(23)9-13)11-30-17-4-2-3-14-15(17)10-25(19(14)27)21(22)8-7-18(26)24-20(21)28/h2-6,9H,7-8,10-11,22H2,1H3,(H,24,26,28). The summed E-state index contributed by atoms with van der Waals surface area (Å²) in [6.07, 6.45) is 0.424. The van der Waals surface area contributed by atoms with Gasteiger partial charge in [0.05, 0.1) is 19.1 Å². The van der Waals surface area contributed by atoms with E-state index in [1.54, 1.807) is 38.2 Å². The highest BCUT2D eigenvalue weighted by Gasteiger charge is 2.48. The smallest absolute Gasteiger partial charge is 0.254 e. The van der Waals surface area contributed by atoms with Gasteiger partial charge in [-0.25, -0.2) is 4.39 Å². The molecule has 3 amide bonds. The third-order valence-corrected chi connectivity index (χ3v) is 5.74. The second kappa shape index (κ2) is 7.48. The minimum Gasteiger partial charge on any atom is -0.497 e. The third kappa shape index (κ3) is 3.30. The van der Waals surface area contributed by atoms with Gasteiger partial charge in [0.15, 0.2) is 0 Å². The Morgan fingerprint density at radius 1 is 1.23 bits per heavy atom. The normalized spacial score (nSPS) is 20.7. The van der Waals surface area contributed by atoms with E-state index in [4.69, 9.17) is 9.47 Å². The maximum atomic E-state index is 14.2. The van der Waals surface area contributed by atoms with Gasteiger partial charge in [0.2, 0.25) is 11.8 Å². The quantitative estimate of drug-likeness (QED) is 0.591. The molecule has 7 nitrogen and oxygen atoms in total. The van der Waals surface area contributed by atoms with Crippen LogP contribution in [0.25, 0.3) is 0 Å². The molecule has 1 N–H and O–H groups in total. The topological polar surface area (TPSA) is 84.9 Å². The van der Waals surface area contributed by atoms with Gasteiger partial charge in [-0.3, -0.25) is 19.7 Å². The number of nitrogens with zero attached hydrogens (tertiary/aromatic N) is 1. The van der Waals surface area contributed by atoms with Crippen molar-refractivity contribution >= 4 is 25.6 Å².